The van der Waals surface area contributed by atoms with Crippen LogP contribution in [0.1, 0.15) is 11.1 Å². The number of fused-ring (bicyclic) bond motifs is 1. The highest BCUT2D eigenvalue weighted by molar-refractivity contribution is 7.97. The quantitative estimate of drug-likeness (QED) is 0.369. The molecular formula is C21H20N6OS. The van der Waals surface area contributed by atoms with Gasteiger partial charge in [0.15, 0.2) is 11.5 Å². The minimum Gasteiger partial charge on any atom is -0.497 e. The largest absolute Gasteiger partial charge is 0.497 e. The minimum atomic E-state index is 0.597. The molecule has 0 fully saturated rings. The van der Waals surface area contributed by atoms with Crippen molar-refractivity contribution in [3.63, 3.8) is 0 Å². The van der Waals surface area contributed by atoms with Gasteiger partial charge >= 0.3 is 0 Å². The molecule has 2 aromatic heterocycles. The molecule has 0 bridgehead atoms. The van der Waals surface area contributed by atoms with Gasteiger partial charge in [0.05, 0.1) is 30.6 Å². The van der Waals surface area contributed by atoms with E-state index in [1.165, 1.54) is 11.9 Å². The van der Waals surface area contributed by atoms with Crippen LogP contribution in [0.3, 0.4) is 0 Å². The molecule has 0 saturated carbocycles. The number of aromatic nitrogens is 4. The summed E-state index contributed by atoms with van der Waals surface area (Å²) in [5.41, 5.74) is 6.86. The monoisotopic (exact) mass is 404 g/mol. The molecule has 8 heteroatoms. The fraction of sp³-hybridized carbons (Fsp3) is 0.143. The molecule has 4 rings (SSSR count). The highest BCUT2D eigenvalue weighted by Gasteiger charge is 2.11. The summed E-state index contributed by atoms with van der Waals surface area (Å²) in [4.78, 5) is 8.68. The molecule has 0 radical (unpaired) electrons. The van der Waals surface area contributed by atoms with E-state index in [4.69, 9.17) is 4.74 Å². The number of hydrazone groups is 1. The van der Waals surface area contributed by atoms with Crippen molar-refractivity contribution in [2.45, 2.75) is 5.75 Å². The maximum atomic E-state index is 5.30. The Morgan fingerprint density at radius 1 is 1.17 bits per heavy atom. The standard InChI is InChI=1S/C21H20N6OS/c1-28-18-5-3-4-17(10-18)27-21-19(12-25-27)20(22-14-23-21)26-24-11-15-6-8-16(9-7-15)13-29-2/h3-12,14H,13H2,1-2H3,(H,22,23,26)/b24-11+. The molecule has 29 heavy (non-hydrogen) atoms. The third-order valence-corrected chi connectivity index (χ3v) is 4.96. The zero-order chi connectivity index (χ0) is 20.1. The van der Waals surface area contributed by atoms with Crippen LogP contribution >= 0.6 is 11.8 Å². The van der Waals surface area contributed by atoms with Gasteiger partial charge in [-0.25, -0.2) is 14.6 Å². The van der Waals surface area contributed by atoms with Crippen LogP contribution in [0, 0.1) is 0 Å². The highest BCUT2D eigenvalue weighted by atomic mass is 32.2. The van der Waals surface area contributed by atoms with E-state index in [-0.39, 0.29) is 0 Å². The van der Waals surface area contributed by atoms with Crippen molar-refractivity contribution in [3.05, 3.63) is 72.2 Å². The lowest BCUT2D eigenvalue weighted by Gasteiger charge is -2.06. The van der Waals surface area contributed by atoms with E-state index in [0.29, 0.717) is 11.5 Å². The lowest BCUT2D eigenvalue weighted by molar-refractivity contribution is 0.414. The number of hydrogen-bond acceptors (Lipinski definition) is 7. The van der Waals surface area contributed by atoms with Crippen molar-refractivity contribution < 1.29 is 4.74 Å². The van der Waals surface area contributed by atoms with Gasteiger partial charge in [0.2, 0.25) is 0 Å². The Balaban J connectivity index is 1.56. The number of anilines is 1. The van der Waals surface area contributed by atoms with Gasteiger partial charge in [-0.3, -0.25) is 5.43 Å². The van der Waals surface area contributed by atoms with Crippen LogP contribution in [0.2, 0.25) is 0 Å². The van der Waals surface area contributed by atoms with Crippen molar-refractivity contribution >= 4 is 34.8 Å². The van der Waals surface area contributed by atoms with Crippen molar-refractivity contribution in [2.24, 2.45) is 5.10 Å². The highest BCUT2D eigenvalue weighted by Crippen LogP contribution is 2.23. The second-order valence-electron chi connectivity index (χ2n) is 6.26. The molecule has 146 valence electrons. The van der Waals surface area contributed by atoms with Crippen LogP contribution in [0.4, 0.5) is 5.82 Å². The summed E-state index contributed by atoms with van der Waals surface area (Å²) in [7, 11) is 1.64. The van der Waals surface area contributed by atoms with Crippen LogP contribution in [-0.2, 0) is 5.75 Å². The molecule has 0 amide bonds. The molecule has 0 spiro atoms. The summed E-state index contributed by atoms with van der Waals surface area (Å²) in [6, 6.07) is 16.0. The van der Waals surface area contributed by atoms with Gasteiger partial charge in [-0.1, -0.05) is 30.3 Å². The Bertz CT molecular complexity index is 1140. The topological polar surface area (TPSA) is 77.2 Å². The number of nitrogens with zero attached hydrogens (tertiary/aromatic N) is 5. The Hall–Kier alpha value is -3.39. The molecule has 0 aliphatic carbocycles. The van der Waals surface area contributed by atoms with Gasteiger partial charge in [-0.05, 0) is 29.5 Å². The lowest BCUT2D eigenvalue weighted by Crippen LogP contribution is -2.00. The normalized spacial score (nSPS) is 11.2. The SMILES string of the molecule is COc1cccc(-n2ncc3c(N/N=C/c4ccc(CSC)cc4)ncnc32)c1. The first kappa shape index (κ1) is 18.9. The second-order valence-corrected chi connectivity index (χ2v) is 7.13. The number of nitrogens with one attached hydrogen (secondary N) is 1. The third kappa shape index (κ3) is 4.22. The number of hydrogen-bond donors (Lipinski definition) is 1. The Morgan fingerprint density at radius 3 is 2.83 bits per heavy atom. The van der Waals surface area contributed by atoms with E-state index < -0.39 is 0 Å². The summed E-state index contributed by atoms with van der Waals surface area (Å²) < 4.78 is 7.05. The average Bonchev–Trinajstić information content (AvgIpc) is 3.20. The van der Waals surface area contributed by atoms with Crippen LogP contribution in [-0.4, -0.2) is 39.3 Å². The maximum absolute atomic E-state index is 5.30. The molecule has 0 aliphatic heterocycles. The van der Waals surface area contributed by atoms with Crippen LogP contribution in [0.25, 0.3) is 16.7 Å². The van der Waals surface area contributed by atoms with Gasteiger partial charge in [-0.15, -0.1) is 0 Å². The van der Waals surface area contributed by atoms with E-state index in [2.05, 4.69) is 44.0 Å². The smallest absolute Gasteiger partial charge is 0.168 e. The van der Waals surface area contributed by atoms with E-state index in [1.807, 2.05) is 36.4 Å². The lowest BCUT2D eigenvalue weighted by atomic mass is 10.2. The van der Waals surface area contributed by atoms with Crippen molar-refractivity contribution in [1.29, 1.82) is 0 Å². The van der Waals surface area contributed by atoms with Gasteiger partial charge in [0.1, 0.15) is 12.1 Å². The molecule has 0 aliphatic rings. The number of ether oxygens (including phenoxy) is 1. The Labute approximate surface area is 172 Å². The summed E-state index contributed by atoms with van der Waals surface area (Å²) in [6.45, 7) is 0. The zero-order valence-electron chi connectivity index (χ0n) is 16.1. The second kappa shape index (κ2) is 8.74. The molecule has 2 heterocycles. The first-order chi connectivity index (χ1) is 14.3. The number of rotatable bonds is 7. The molecule has 7 nitrogen and oxygen atoms in total. The molecule has 1 N–H and O–H groups in total. The van der Waals surface area contributed by atoms with Gasteiger partial charge < -0.3 is 4.74 Å². The summed E-state index contributed by atoms with van der Waals surface area (Å²) in [6.07, 6.45) is 7.08. The first-order valence-corrected chi connectivity index (χ1v) is 10.4. The molecule has 4 aromatic rings. The molecule has 0 atom stereocenters. The van der Waals surface area contributed by atoms with Crippen molar-refractivity contribution in [2.75, 3.05) is 18.8 Å². The predicted molar refractivity (Wildman–Crippen MR) is 118 cm³/mol. The van der Waals surface area contributed by atoms with Gasteiger partial charge in [0, 0.05) is 11.8 Å². The number of methoxy groups -OCH3 is 1. The maximum Gasteiger partial charge on any atom is 0.168 e. The van der Waals surface area contributed by atoms with E-state index >= 15 is 0 Å². The number of thioether (sulfide) groups is 1. The fourth-order valence-electron chi connectivity index (χ4n) is 2.90. The Kier molecular flexibility index (Phi) is 5.71. The zero-order valence-corrected chi connectivity index (χ0v) is 16.9. The molecule has 0 unspecified atom stereocenters. The van der Waals surface area contributed by atoms with E-state index in [0.717, 1.165) is 28.1 Å². The Morgan fingerprint density at radius 2 is 2.03 bits per heavy atom. The molecule has 0 saturated heterocycles. The van der Waals surface area contributed by atoms with Gasteiger partial charge in [0.25, 0.3) is 0 Å². The average molecular weight is 404 g/mol. The van der Waals surface area contributed by atoms with Crippen molar-refractivity contribution in [3.8, 4) is 11.4 Å². The third-order valence-electron chi connectivity index (χ3n) is 4.34. The van der Waals surface area contributed by atoms with Crippen LogP contribution in [0.15, 0.2) is 66.2 Å². The summed E-state index contributed by atoms with van der Waals surface area (Å²) >= 11 is 1.80. The van der Waals surface area contributed by atoms with Crippen LogP contribution in [0.5, 0.6) is 5.75 Å². The molecular weight excluding hydrogens is 384 g/mol. The minimum absolute atomic E-state index is 0.597. The van der Waals surface area contributed by atoms with Crippen molar-refractivity contribution in [1.82, 2.24) is 19.7 Å². The van der Waals surface area contributed by atoms with Crippen LogP contribution < -0.4 is 10.2 Å². The predicted octanol–water partition coefficient (Wildman–Crippen LogP) is 4.13. The first-order valence-electron chi connectivity index (χ1n) is 8.98. The molecule has 2 aromatic carbocycles. The summed E-state index contributed by atoms with van der Waals surface area (Å²) in [5.74, 6) is 2.36. The van der Waals surface area contributed by atoms with Gasteiger partial charge in [-0.2, -0.15) is 22.0 Å². The fourth-order valence-corrected chi connectivity index (χ4v) is 3.42. The number of benzene rings is 2. The van der Waals surface area contributed by atoms with E-state index in [1.54, 1.807) is 36.0 Å². The summed E-state index contributed by atoms with van der Waals surface area (Å²) in [5, 5.41) is 9.56. The van der Waals surface area contributed by atoms with E-state index in [9.17, 15) is 0 Å².